The van der Waals surface area contributed by atoms with Crippen molar-refractivity contribution in [2.45, 2.75) is 37.6 Å². The molecular weight excluding hydrogens is 242 g/mol. The van der Waals surface area contributed by atoms with Gasteiger partial charge in [-0.25, -0.2) is 0 Å². The van der Waals surface area contributed by atoms with Crippen LogP contribution in [0.25, 0.3) is 0 Å². The van der Waals surface area contributed by atoms with Crippen molar-refractivity contribution in [1.29, 1.82) is 0 Å². The molecular formula is C10H16BrN3. The molecule has 0 aliphatic heterocycles. The van der Waals surface area contributed by atoms with Crippen LogP contribution in [0.4, 0.5) is 0 Å². The van der Waals surface area contributed by atoms with Gasteiger partial charge in [-0.1, -0.05) is 6.92 Å². The minimum absolute atomic E-state index is 0.198. The van der Waals surface area contributed by atoms with Crippen molar-refractivity contribution in [3.8, 4) is 0 Å². The van der Waals surface area contributed by atoms with Crippen LogP contribution >= 0.6 is 15.9 Å². The third kappa shape index (κ3) is 1.50. The molecule has 2 atom stereocenters. The molecule has 1 aromatic rings. The Kier molecular flexibility index (Phi) is 2.43. The van der Waals surface area contributed by atoms with E-state index in [9.17, 15) is 0 Å². The zero-order valence-corrected chi connectivity index (χ0v) is 10.2. The lowest BCUT2D eigenvalue weighted by atomic mass is 9.85. The van der Waals surface area contributed by atoms with Crippen molar-refractivity contribution in [3.05, 3.63) is 16.4 Å². The summed E-state index contributed by atoms with van der Waals surface area (Å²) in [5.74, 6) is 0. The van der Waals surface area contributed by atoms with Gasteiger partial charge in [-0.2, -0.15) is 5.10 Å². The predicted octanol–water partition coefficient (Wildman–Crippen LogP) is 1.95. The van der Waals surface area contributed by atoms with E-state index in [4.69, 9.17) is 5.73 Å². The van der Waals surface area contributed by atoms with Crippen LogP contribution in [0.5, 0.6) is 0 Å². The van der Waals surface area contributed by atoms with Crippen molar-refractivity contribution in [2.24, 2.45) is 12.8 Å². The van der Waals surface area contributed by atoms with E-state index in [1.807, 2.05) is 17.9 Å². The fraction of sp³-hybridized carbons (Fsp3) is 0.700. The fourth-order valence-electron chi connectivity index (χ4n) is 2.59. The molecule has 1 aliphatic rings. The lowest BCUT2D eigenvalue weighted by Gasteiger charge is -2.24. The van der Waals surface area contributed by atoms with Crippen LogP contribution in [-0.4, -0.2) is 15.8 Å². The largest absolute Gasteiger partial charge is 0.328 e. The van der Waals surface area contributed by atoms with Crippen LogP contribution in [0.15, 0.2) is 10.7 Å². The highest BCUT2D eigenvalue weighted by Crippen LogP contribution is 2.42. The molecule has 2 N–H and O–H groups in total. The molecule has 1 aliphatic carbocycles. The first-order valence-corrected chi connectivity index (χ1v) is 5.76. The summed E-state index contributed by atoms with van der Waals surface area (Å²) in [5.41, 5.74) is 7.45. The van der Waals surface area contributed by atoms with E-state index >= 15 is 0 Å². The number of aromatic nitrogens is 2. The lowest BCUT2D eigenvalue weighted by Crippen LogP contribution is -2.25. The SMILES string of the molecule is Cn1ncc(Br)c1C1(C)CCC(N)C1. The second-order valence-corrected chi connectivity index (χ2v) is 5.38. The molecule has 1 heterocycles. The van der Waals surface area contributed by atoms with Gasteiger partial charge >= 0.3 is 0 Å². The average Bonchev–Trinajstić information content (AvgIpc) is 2.58. The van der Waals surface area contributed by atoms with E-state index < -0.39 is 0 Å². The third-order valence-corrected chi connectivity index (χ3v) is 3.83. The molecule has 1 saturated carbocycles. The molecule has 1 fully saturated rings. The monoisotopic (exact) mass is 257 g/mol. The van der Waals surface area contributed by atoms with Crippen LogP contribution in [0.3, 0.4) is 0 Å². The molecule has 0 amide bonds. The second kappa shape index (κ2) is 3.35. The van der Waals surface area contributed by atoms with Gasteiger partial charge in [-0.3, -0.25) is 4.68 Å². The summed E-state index contributed by atoms with van der Waals surface area (Å²) in [7, 11) is 2.00. The standard InChI is InChI=1S/C10H16BrN3/c1-10(4-3-7(12)5-10)9-8(11)6-13-14(9)2/h6-7H,3-5,12H2,1-2H3. The van der Waals surface area contributed by atoms with Crippen molar-refractivity contribution in [2.75, 3.05) is 0 Å². The highest BCUT2D eigenvalue weighted by Gasteiger charge is 2.38. The quantitative estimate of drug-likeness (QED) is 0.836. The highest BCUT2D eigenvalue weighted by molar-refractivity contribution is 9.10. The zero-order chi connectivity index (χ0) is 10.3. The van der Waals surface area contributed by atoms with Gasteiger partial charge in [0.05, 0.1) is 16.4 Å². The van der Waals surface area contributed by atoms with Crippen molar-refractivity contribution in [3.63, 3.8) is 0 Å². The fourth-order valence-corrected chi connectivity index (χ4v) is 3.42. The summed E-state index contributed by atoms with van der Waals surface area (Å²) >= 11 is 3.56. The van der Waals surface area contributed by atoms with E-state index in [0.29, 0.717) is 6.04 Å². The van der Waals surface area contributed by atoms with Crippen LogP contribution in [0.1, 0.15) is 31.9 Å². The Morgan fingerprint density at radius 2 is 2.43 bits per heavy atom. The summed E-state index contributed by atoms with van der Waals surface area (Å²) < 4.78 is 3.07. The summed E-state index contributed by atoms with van der Waals surface area (Å²) in [6, 6.07) is 0.349. The van der Waals surface area contributed by atoms with Crippen molar-refractivity contribution in [1.82, 2.24) is 9.78 Å². The maximum Gasteiger partial charge on any atom is 0.0635 e. The maximum atomic E-state index is 5.97. The third-order valence-electron chi connectivity index (χ3n) is 3.25. The van der Waals surface area contributed by atoms with Gasteiger partial charge in [0, 0.05) is 18.5 Å². The molecule has 2 unspecified atom stereocenters. The molecule has 78 valence electrons. The Morgan fingerprint density at radius 1 is 1.71 bits per heavy atom. The number of nitrogens with two attached hydrogens (primary N) is 1. The van der Waals surface area contributed by atoms with E-state index in [2.05, 4.69) is 28.0 Å². The second-order valence-electron chi connectivity index (χ2n) is 4.53. The summed E-state index contributed by atoms with van der Waals surface area (Å²) in [4.78, 5) is 0. The number of hydrogen-bond donors (Lipinski definition) is 1. The Labute approximate surface area is 92.8 Å². The smallest absolute Gasteiger partial charge is 0.0635 e. The van der Waals surface area contributed by atoms with Crippen molar-refractivity contribution >= 4 is 15.9 Å². The maximum absolute atomic E-state index is 5.97. The van der Waals surface area contributed by atoms with Gasteiger partial charge in [0.25, 0.3) is 0 Å². The van der Waals surface area contributed by atoms with E-state index in [1.165, 1.54) is 5.69 Å². The van der Waals surface area contributed by atoms with Gasteiger partial charge in [-0.15, -0.1) is 0 Å². The average molecular weight is 258 g/mol. The minimum atomic E-state index is 0.198. The molecule has 0 bridgehead atoms. The summed E-state index contributed by atoms with van der Waals surface area (Å²) in [6.45, 7) is 2.28. The van der Waals surface area contributed by atoms with Gasteiger partial charge in [0.2, 0.25) is 0 Å². The van der Waals surface area contributed by atoms with Gasteiger partial charge < -0.3 is 5.73 Å². The Balaban J connectivity index is 2.39. The Morgan fingerprint density at radius 3 is 2.86 bits per heavy atom. The van der Waals surface area contributed by atoms with Crippen molar-refractivity contribution < 1.29 is 0 Å². The first-order valence-electron chi connectivity index (χ1n) is 4.96. The number of halogens is 1. The summed E-state index contributed by atoms with van der Waals surface area (Å²) in [5, 5.41) is 4.26. The normalized spacial score (nSPS) is 32.4. The molecule has 2 rings (SSSR count). The predicted molar refractivity (Wildman–Crippen MR) is 60.1 cm³/mol. The minimum Gasteiger partial charge on any atom is -0.328 e. The van der Waals surface area contributed by atoms with Crippen LogP contribution in [0, 0.1) is 0 Å². The topological polar surface area (TPSA) is 43.8 Å². The van der Waals surface area contributed by atoms with Gasteiger partial charge in [-0.05, 0) is 35.2 Å². The number of aryl methyl sites for hydroxylation is 1. The van der Waals surface area contributed by atoms with Crippen LogP contribution < -0.4 is 5.73 Å². The molecule has 1 aromatic heterocycles. The molecule has 0 aromatic carbocycles. The first-order chi connectivity index (χ1) is 6.53. The van der Waals surface area contributed by atoms with E-state index in [1.54, 1.807) is 0 Å². The molecule has 3 nitrogen and oxygen atoms in total. The zero-order valence-electron chi connectivity index (χ0n) is 8.63. The number of hydrogen-bond acceptors (Lipinski definition) is 2. The van der Waals surface area contributed by atoms with Gasteiger partial charge in [0.15, 0.2) is 0 Å². The van der Waals surface area contributed by atoms with Crippen LogP contribution in [0.2, 0.25) is 0 Å². The molecule has 0 radical (unpaired) electrons. The van der Waals surface area contributed by atoms with E-state index in [0.717, 1.165) is 23.7 Å². The Hall–Kier alpha value is -0.350. The van der Waals surface area contributed by atoms with Crippen LogP contribution in [-0.2, 0) is 12.5 Å². The number of nitrogens with zero attached hydrogens (tertiary/aromatic N) is 2. The molecule has 4 heteroatoms. The first kappa shape index (κ1) is 10.2. The Bertz CT molecular complexity index is 328. The number of rotatable bonds is 1. The molecule has 0 spiro atoms. The lowest BCUT2D eigenvalue weighted by molar-refractivity contribution is 0.439. The van der Waals surface area contributed by atoms with E-state index in [-0.39, 0.29) is 5.41 Å². The summed E-state index contributed by atoms with van der Waals surface area (Å²) in [6.07, 6.45) is 5.20. The molecule has 0 saturated heterocycles. The highest BCUT2D eigenvalue weighted by atomic mass is 79.9. The van der Waals surface area contributed by atoms with Gasteiger partial charge in [0.1, 0.15) is 0 Å². The molecule has 14 heavy (non-hydrogen) atoms.